The van der Waals surface area contributed by atoms with Crippen LogP contribution in [0.15, 0.2) is 12.2 Å². The van der Waals surface area contributed by atoms with Crippen LogP contribution < -0.4 is 0 Å². The van der Waals surface area contributed by atoms with Crippen molar-refractivity contribution in [2.24, 2.45) is 0 Å². The highest BCUT2D eigenvalue weighted by atomic mass is 16.5. The van der Waals surface area contributed by atoms with Gasteiger partial charge in [0, 0.05) is 25.3 Å². The quantitative estimate of drug-likeness (QED) is 0.272. The number of terminal acetylenes is 1. The molecule has 0 unspecified atom stereocenters. The molecule has 0 rings (SSSR count). The Morgan fingerprint density at radius 3 is 2.37 bits per heavy atom. The Balaban J connectivity index is 3.34. The summed E-state index contributed by atoms with van der Waals surface area (Å²) in [6, 6.07) is 0. The van der Waals surface area contributed by atoms with Crippen LogP contribution in [0.25, 0.3) is 0 Å². The van der Waals surface area contributed by atoms with E-state index in [0.717, 1.165) is 51.4 Å². The van der Waals surface area contributed by atoms with Gasteiger partial charge in [-0.3, -0.25) is 0 Å². The fourth-order valence-corrected chi connectivity index (χ4v) is 1.46. The third kappa shape index (κ3) is 14.3. The van der Waals surface area contributed by atoms with Crippen LogP contribution in [0.5, 0.6) is 0 Å². The van der Waals surface area contributed by atoms with Gasteiger partial charge in [-0.25, -0.2) is 4.79 Å². The van der Waals surface area contributed by atoms with Crippen LogP contribution in [0.1, 0.15) is 58.3 Å². The maximum atomic E-state index is 11.0. The van der Waals surface area contributed by atoms with Crippen LogP contribution in [0.3, 0.4) is 0 Å². The van der Waals surface area contributed by atoms with E-state index in [1.165, 1.54) is 6.08 Å². The SMILES string of the molecule is C#CCCCCC#CCCCC/C=C/C(=O)OCC. The minimum Gasteiger partial charge on any atom is -0.463 e. The molecule has 2 heteroatoms. The first kappa shape index (κ1) is 17.3. The van der Waals surface area contributed by atoms with Gasteiger partial charge < -0.3 is 4.74 Å². The van der Waals surface area contributed by atoms with Crippen molar-refractivity contribution in [3.8, 4) is 24.2 Å². The molecule has 19 heavy (non-hydrogen) atoms. The molecule has 0 saturated carbocycles. The van der Waals surface area contributed by atoms with E-state index in [1.54, 1.807) is 6.92 Å². The van der Waals surface area contributed by atoms with Crippen LogP contribution in [0.4, 0.5) is 0 Å². The lowest BCUT2D eigenvalue weighted by molar-refractivity contribution is -0.137. The Morgan fingerprint density at radius 1 is 1.11 bits per heavy atom. The Hall–Kier alpha value is -1.67. The van der Waals surface area contributed by atoms with Crippen molar-refractivity contribution < 1.29 is 9.53 Å². The first-order valence-electron chi connectivity index (χ1n) is 7.03. The molecule has 0 aromatic heterocycles. The predicted molar refractivity (Wildman–Crippen MR) is 79.3 cm³/mol. The fraction of sp³-hybridized carbons (Fsp3) is 0.588. The molecule has 0 aliphatic rings. The highest BCUT2D eigenvalue weighted by Crippen LogP contribution is 2.01. The summed E-state index contributed by atoms with van der Waals surface area (Å²) in [7, 11) is 0. The molecule has 104 valence electrons. The number of unbranched alkanes of at least 4 members (excludes halogenated alkanes) is 6. The van der Waals surface area contributed by atoms with E-state index < -0.39 is 0 Å². The second kappa shape index (κ2) is 14.4. The number of carbonyl (C=O) groups excluding carboxylic acids is 1. The van der Waals surface area contributed by atoms with Gasteiger partial charge in [-0.05, 0) is 39.0 Å². The predicted octanol–water partition coefficient (Wildman–Crippen LogP) is 3.86. The molecule has 0 bridgehead atoms. The van der Waals surface area contributed by atoms with Crippen molar-refractivity contribution in [1.29, 1.82) is 0 Å². The summed E-state index contributed by atoms with van der Waals surface area (Å²) < 4.78 is 4.78. The van der Waals surface area contributed by atoms with E-state index in [-0.39, 0.29) is 5.97 Å². The maximum absolute atomic E-state index is 11.0. The fourth-order valence-electron chi connectivity index (χ4n) is 1.46. The molecule has 0 atom stereocenters. The molecule has 2 nitrogen and oxygen atoms in total. The molecule has 0 amide bonds. The number of hydrogen-bond donors (Lipinski definition) is 0. The minimum atomic E-state index is -0.255. The molecule has 0 aromatic carbocycles. The first-order valence-corrected chi connectivity index (χ1v) is 7.03. The number of rotatable bonds is 9. The van der Waals surface area contributed by atoms with E-state index in [2.05, 4.69) is 17.8 Å². The van der Waals surface area contributed by atoms with E-state index in [1.807, 2.05) is 6.08 Å². The number of ether oxygens (including phenoxy) is 1. The van der Waals surface area contributed by atoms with E-state index in [4.69, 9.17) is 11.2 Å². The first-order chi connectivity index (χ1) is 9.31. The van der Waals surface area contributed by atoms with E-state index >= 15 is 0 Å². The van der Waals surface area contributed by atoms with Crippen molar-refractivity contribution >= 4 is 5.97 Å². The van der Waals surface area contributed by atoms with Gasteiger partial charge in [-0.15, -0.1) is 24.2 Å². The van der Waals surface area contributed by atoms with Gasteiger partial charge in [-0.1, -0.05) is 6.08 Å². The Kier molecular flexibility index (Phi) is 13.1. The van der Waals surface area contributed by atoms with Gasteiger partial charge in [0.25, 0.3) is 0 Å². The van der Waals surface area contributed by atoms with Crippen LogP contribution in [0.2, 0.25) is 0 Å². The molecule has 0 saturated heterocycles. The molecule has 0 fully saturated rings. The lowest BCUT2D eigenvalue weighted by Gasteiger charge is -1.94. The molecule has 0 aliphatic heterocycles. The third-order valence-electron chi connectivity index (χ3n) is 2.46. The zero-order chi connectivity index (χ0) is 14.2. The third-order valence-corrected chi connectivity index (χ3v) is 2.46. The summed E-state index contributed by atoms with van der Waals surface area (Å²) in [5, 5.41) is 0. The van der Waals surface area contributed by atoms with Crippen molar-refractivity contribution in [2.75, 3.05) is 6.61 Å². The van der Waals surface area contributed by atoms with Gasteiger partial charge in [0.05, 0.1) is 6.61 Å². The molecule has 0 aliphatic carbocycles. The zero-order valence-corrected chi connectivity index (χ0v) is 11.9. The van der Waals surface area contributed by atoms with Crippen molar-refractivity contribution in [3.63, 3.8) is 0 Å². The van der Waals surface area contributed by atoms with Gasteiger partial charge in [0.1, 0.15) is 0 Å². The number of allylic oxidation sites excluding steroid dienone is 1. The summed E-state index contributed by atoms with van der Waals surface area (Å²) >= 11 is 0. The summed E-state index contributed by atoms with van der Waals surface area (Å²) in [6.07, 6.45) is 16.5. The van der Waals surface area contributed by atoms with Gasteiger partial charge in [0.2, 0.25) is 0 Å². The van der Waals surface area contributed by atoms with Gasteiger partial charge in [0.15, 0.2) is 0 Å². The number of hydrogen-bond acceptors (Lipinski definition) is 2. The summed E-state index contributed by atoms with van der Waals surface area (Å²) in [5.74, 6) is 8.70. The van der Waals surface area contributed by atoms with Gasteiger partial charge in [-0.2, -0.15) is 0 Å². The Morgan fingerprint density at radius 2 is 1.74 bits per heavy atom. The highest BCUT2D eigenvalue weighted by Gasteiger charge is 1.91. The zero-order valence-electron chi connectivity index (χ0n) is 11.9. The topological polar surface area (TPSA) is 26.3 Å². The van der Waals surface area contributed by atoms with Crippen molar-refractivity contribution in [1.82, 2.24) is 0 Å². The molecule has 0 radical (unpaired) electrons. The van der Waals surface area contributed by atoms with Crippen LogP contribution in [0, 0.1) is 24.2 Å². The van der Waals surface area contributed by atoms with Crippen LogP contribution >= 0.6 is 0 Å². The van der Waals surface area contributed by atoms with Crippen LogP contribution in [-0.4, -0.2) is 12.6 Å². The second-order valence-corrected chi connectivity index (χ2v) is 4.16. The average molecular weight is 260 g/mol. The molecular weight excluding hydrogens is 236 g/mol. The van der Waals surface area contributed by atoms with E-state index in [9.17, 15) is 4.79 Å². The monoisotopic (exact) mass is 260 g/mol. The second-order valence-electron chi connectivity index (χ2n) is 4.16. The molecule has 0 heterocycles. The number of esters is 1. The minimum absolute atomic E-state index is 0.255. The van der Waals surface area contributed by atoms with Gasteiger partial charge >= 0.3 is 5.97 Å². The smallest absolute Gasteiger partial charge is 0.330 e. The molecule has 0 N–H and O–H groups in total. The van der Waals surface area contributed by atoms with E-state index in [0.29, 0.717) is 6.61 Å². The highest BCUT2D eigenvalue weighted by molar-refractivity contribution is 5.81. The molecular formula is C17H24O2. The maximum Gasteiger partial charge on any atom is 0.330 e. The largest absolute Gasteiger partial charge is 0.463 e. The van der Waals surface area contributed by atoms with Crippen molar-refractivity contribution in [3.05, 3.63) is 12.2 Å². The lowest BCUT2D eigenvalue weighted by atomic mass is 10.1. The Labute approximate surface area is 117 Å². The van der Waals surface area contributed by atoms with Crippen molar-refractivity contribution in [2.45, 2.75) is 58.3 Å². The average Bonchev–Trinajstić information content (AvgIpc) is 2.40. The Bertz CT molecular complexity index is 350. The normalized spacial score (nSPS) is 9.68. The number of carbonyl (C=O) groups is 1. The summed E-state index contributed by atoms with van der Waals surface area (Å²) in [5.41, 5.74) is 0. The summed E-state index contributed by atoms with van der Waals surface area (Å²) in [6.45, 7) is 2.23. The standard InChI is InChI=1S/C17H24O2/c1-3-5-6-7-8-9-10-11-12-13-14-15-16-17(18)19-4-2/h1,15-16H,4-8,11-14H2,2H3/b16-15+. The summed E-state index contributed by atoms with van der Waals surface area (Å²) in [4.78, 5) is 11.0. The molecule has 0 aromatic rings. The van der Waals surface area contributed by atoms with Crippen LogP contribution in [-0.2, 0) is 9.53 Å². The lowest BCUT2D eigenvalue weighted by Crippen LogP contribution is -1.98. The molecule has 0 spiro atoms.